The average Bonchev–Trinajstić information content (AvgIpc) is 3.15. The highest BCUT2D eigenvalue weighted by Gasteiger charge is 2.31. The molecule has 180 valence electrons. The van der Waals surface area contributed by atoms with Gasteiger partial charge in [-0.1, -0.05) is 30.3 Å². The fourth-order valence-electron chi connectivity index (χ4n) is 4.49. The molecule has 11 heteroatoms. The number of rotatable bonds is 6. The zero-order chi connectivity index (χ0) is 24.5. The molecule has 0 spiro atoms. The fraction of sp³-hybridized carbons (Fsp3) is 0.333. The molecule has 1 aromatic carbocycles. The van der Waals surface area contributed by atoms with Crippen LogP contribution in [-0.4, -0.2) is 60.7 Å². The Bertz CT molecular complexity index is 1380. The second-order valence-electron chi connectivity index (χ2n) is 8.67. The van der Waals surface area contributed by atoms with Crippen molar-refractivity contribution in [1.29, 1.82) is 0 Å². The lowest BCUT2D eigenvalue weighted by molar-refractivity contribution is -0.385. The van der Waals surface area contributed by atoms with Crippen molar-refractivity contribution in [3.8, 4) is 11.8 Å². The van der Waals surface area contributed by atoms with E-state index in [1.807, 2.05) is 43.0 Å². The summed E-state index contributed by atoms with van der Waals surface area (Å²) in [5.41, 5.74) is 3.39. The van der Waals surface area contributed by atoms with Gasteiger partial charge in [0.05, 0.1) is 10.3 Å². The second-order valence-corrected chi connectivity index (χ2v) is 8.67. The number of pyridine rings is 1. The molecule has 1 aliphatic heterocycles. The number of fused-ring (bicyclic) bond motifs is 1. The van der Waals surface area contributed by atoms with Crippen LogP contribution in [0.3, 0.4) is 0 Å². The predicted molar refractivity (Wildman–Crippen MR) is 131 cm³/mol. The van der Waals surface area contributed by atoms with Gasteiger partial charge in [0.25, 0.3) is 0 Å². The van der Waals surface area contributed by atoms with Crippen LogP contribution in [0.5, 0.6) is 11.8 Å². The van der Waals surface area contributed by atoms with Crippen molar-refractivity contribution in [3.05, 3.63) is 69.7 Å². The molecule has 1 saturated heterocycles. The summed E-state index contributed by atoms with van der Waals surface area (Å²) in [6.45, 7) is 7.43. The van der Waals surface area contributed by atoms with Crippen molar-refractivity contribution in [2.75, 3.05) is 31.1 Å². The first kappa shape index (κ1) is 22.7. The summed E-state index contributed by atoms with van der Waals surface area (Å²) in [4.78, 5) is 28.8. The Balaban J connectivity index is 1.41. The number of anilines is 1. The summed E-state index contributed by atoms with van der Waals surface area (Å²) in [5, 5.41) is 17.2. The van der Waals surface area contributed by atoms with Crippen LogP contribution >= 0.6 is 0 Å². The van der Waals surface area contributed by atoms with E-state index in [4.69, 9.17) is 4.74 Å². The second kappa shape index (κ2) is 9.26. The van der Waals surface area contributed by atoms with Crippen LogP contribution in [0, 0.1) is 24.0 Å². The van der Waals surface area contributed by atoms with E-state index >= 15 is 0 Å². The first-order chi connectivity index (χ1) is 16.9. The molecule has 0 atom stereocenters. The van der Waals surface area contributed by atoms with Crippen LogP contribution in [0.15, 0.2) is 42.7 Å². The number of hydrogen-bond acceptors (Lipinski definition) is 9. The molecule has 0 radical (unpaired) electrons. The molecular weight excluding hydrogens is 448 g/mol. The monoisotopic (exact) mass is 474 g/mol. The summed E-state index contributed by atoms with van der Waals surface area (Å²) in [6, 6.07) is 12.2. The maximum Gasteiger partial charge on any atom is 0.373 e. The minimum absolute atomic E-state index is 0.133. The van der Waals surface area contributed by atoms with Crippen LogP contribution in [-0.2, 0) is 13.6 Å². The van der Waals surface area contributed by atoms with Crippen molar-refractivity contribution in [2.24, 2.45) is 7.05 Å². The van der Waals surface area contributed by atoms with E-state index in [0.717, 1.165) is 30.9 Å². The Morgan fingerprint density at radius 3 is 2.51 bits per heavy atom. The summed E-state index contributed by atoms with van der Waals surface area (Å²) in [6.07, 6.45) is 1.30. The van der Waals surface area contributed by atoms with Gasteiger partial charge in [0.2, 0.25) is 11.7 Å². The van der Waals surface area contributed by atoms with Crippen LogP contribution in [0.25, 0.3) is 11.0 Å². The number of piperazine rings is 1. The number of aromatic nitrogens is 5. The Hall–Kier alpha value is -4.12. The molecular formula is C24H26N8O3. The lowest BCUT2D eigenvalue weighted by Gasteiger charge is -2.35. The summed E-state index contributed by atoms with van der Waals surface area (Å²) in [5.74, 6) is 0.352. The van der Waals surface area contributed by atoms with Crippen LogP contribution < -0.4 is 9.64 Å². The summed E-state index contributed by atoms with van der Waals surface area (Å²) >= 11 is 0. The third-order valence-electron chi connectivity index (χ3n) is 6.15. The van der Waals surface area contributed by atoms with Crippen molar-refractivity contribution in [2.45, 2.75) is 20.4 Å². The highest BCUT2D eigenvalue weighted by molar-refractivity contribution is 5.85. The molecule has 1 fully saturated rings. The van der Waals surface area contributed by atoms with Crippen LogP contribution in [0.1, 0.15) is 16.8 Å². The molecule has 0 aliphatic carbocycles. The smallest absolute Gasteiger partial charge is 0.373 e. The first-order valence-corrected chi connectivity index (χ1v) is 11.4. The number of hydrogen-bond donors (Lipinski definition) is 0. The fourth-order valence-corrected chi connectivity index (χ4v) is 4.49. The van der Waals surface area contributed by atoms with E-state index in [9.17, 15) is 10.1 Å². The molecule has 35 heavy (non-hydrogen) atoms. The SMILES string of the molecule is Cc1cc(C)c2c(Oc3ncnc(N4CCN(Cc5ccccc5)CC4)c3[N+](=O)[O-])nn(C)c2n1. The quantitative estimate of drug-likeness (QED) is 0.306. The largest absolute Gasteiger partial charge is 0.412 e. The molecule has 0 N–H and O–H groups in total. The summed E-state index contributed by atoms with van der Waals surface area (Å²) < 4.78 is 7.56. The zero-order valence-corrected chi connectivity index (χ0v) is 19.9. The van der Waals surface area contributed by atoms with Gasteiger partial charge in [-0.15, -0.1) is 5.10 Å². The van der Waals surface area contributed by atoms with E-state index in [-0.39, 0.29) is 23.3 Å². The van der Waals surface area contributed by atoms with Gasteiger partial charge in [-0.05, 0) is 31.0 Å². The Morgan fingerprint density at radius 1 is 1.06 bits per heavy atom. The Morgan fingerprint density at radius 2 is 1.80 bits per heavy atom. The van der Waals surface area contributed by atoms with Gasteiger partial charge in [0.15, 0.2) is 5.65 Å². The predicted octanol–water partition coefficient (Wildman–Crippen LogP) is 3.40. The van der Waals surface area contributed by atoms with Gasteiger partial charge in [-0.2, -0.15) is 4.98 Å². The molecule has 11 nitrogen and oxygen atoms in total. The molecule has 3 aromatic heterocycles. The molecule has 0 unspecified atom stereocenters. The number of nitrogens with zero attached hydrogens (tertiary/aromatic N) is 8. The molecule has 0 bridgehead atoms. The minimum Gasteiger partial charge on any atom is -0.412 e. The van der Waals surface area contributed by atoms with E-state index in [1.165, 1.54) is 11.9 Å². The van der Waals surface area contributed by atoms with E-state index in [1.54, 1.807) is 11.7 Å². The van der Waals surface area contributed by atoms with Crippen molar-refractivity contribution < 1.29 is 9.66 Å². The molecule has 4 aromatic rings. The highest BCUT2D eigenvalue weighted by Crippen LogP contribution is 2.38. The third kappa shape index (κ3) is 4.50. The molecule has 0 amide bonds. The minimum atomic E-state index is -0.485. The van der Waals surface area contributed by atoms with Gasteiger partial charge >= 0.3 is 11.6 Å². The van der Waals surface area contributed by atoms with Crippen LogP contribution in [0.4, 0.5) is 11.5 Å². The standard InChI is InChI=1S/C24H26N8O3/c1-16-13-17(2)27-21-19(16)23(28-29(21)3)35-24-20(32(33)34)22(25-15-26-24)31-11-9-30(10-12-31)14-18-7-5-4-6-8-18/h4-8,13,15H,9-12,14H2,1-3H3. The maximum absolute atomic E-state index is 12.1. The number of nitro groups is 1. The van der Waals surface area contributed by atoms with Crippen LogP contribution in [0.2, 0.25) is 0 Å². The summed E-state index contributed by atoms with van der Waals surface area (Å²) in [7, 11) is 1.76. The van der Waals surface area contributed by atoms with Gasteiger partial charge < -0.3 is 9.64 Å². The molecule has 4 heterocycles. The lowest BCUT2D eigenvalue weighted by Crippen LogP contribution is -2.46. The zero-order valence-electron chi connectivity index (χ0n) is 19.9. The lowest BCUT2D eigenvalue weighted by atomic mass is 10.2. The Kier molecular flexibility index (Phi) is 6.00. The highest BCUT2D eigenvalue weighted by atomic mass is 16.6. The third-order valence-corrected chi connectivity index (χ3v) is 6.15. The number of ether oxygens (including phenoxy) is 1. The number of aryl methyl sites for hydroxylation is 3. The molecule has 0 saturated carbocycles. The van der Waals surface area contributed by atoms with Crippen molar-refractivity contribution in [3.63, 3.8) is 0 Å². The number of benzene rings is 1. The van der Waals surface area contributed by atoms with Gasteiger partial charge in [-0.3, -0.25) is 15.0 Å². The van der Waals surface area contributed by atoms with Crippen molar-refractivity contribution in [1.82, 2.24) is 29.6 Å². The maximum atomic E-state index is 12.1. The van der Waals surface area contributed by atoms with E-state index < -0.39 is 4.92 Å². The van der Waals surface area contributed by atoms with E-state index in [0.29, 0.717) is 24.1 Å². The van der Waals surface area contributed by atoms with Gasteiger partial charge in [0.1, 0.15) is 6.33 Å². The van der Waals surface area contributed by atoms with Crippen molar-refractivity contribution >= 4 is 22.5 Å². The molecule has 1 aliphatic rings. The average molecular weight is 475 g/mol. The van der Waals surface area contributed by atoms with Gasteiger partial charge in [0, 0.05) is 45.5 Å². The Labute approximate surface area is 202 Å². The topological polar surface area (TPSA) is 115 Å². The molecule has 5 rings (SSSR count). The first-order valence-electron chi connectivity index (χ1n) is 11.4. The van der Waals surface area contributed by atoms with Gasteiger partial charge in [-0.25, -0.2) is 14.6 Å². The van der Waals surface area contributed by atoms with E-state index in [2.05, 4.69) is 37.1 Å². The normalized spacial score (nSPS) is 14.4.